The number of benzene rings is 3. The molecule has 1 N–H and O–H groups in total. The first-order valence-electron chi connectivity index (χ1n) is 9.47. The summed E-state index contributed by atoms with van der Waals surface area (Å²) in [5.41, 5.74) is 2.11. The van der Waals surface area contributed by atoms with E-state index in [9.17, 15) is 14.5 Å². The number of nitro benzene ring substituents is 1. The van der Waals surface area contributed by atoms with Gasteiger partial charge in [-0.3, -0.25) is 10.1 Å². The van der Waals surface area contributed by atoms with Crippen LogP contribution < -0.4 is 19.5 Å². The minimum atomic E-state index is -0.808. The van der Waals surface area contributed by atoms with Crippen molar-refractivity contribution in [2.75, 3.05) is 12.4 Å². The van der Waals surface area contributed by atoms with Crippen LogP contribution in [0.2, 0.25) is 0 Å². The Bertz CT molecular complexity index is 1130. The van der Waals surface area contributed by atoms with Crippen molar-refractivity contribution >= 4 is 11.4 Å². The maximum Gasteiger partial charge on any atom is 0.272 e. The van der Waals surface area contributed by atoms with Gasteiger partial charge in [-0.2, -0.15) is 0 Å². The number of hydrogen-bond donors (Lipinski definition) is 1. The molecular weight excluding hydrogens is 403 g/mol. The van der Waals surface area contributed by atoms with Crippen LogP contribution in [-0.4, -0.2) is 12.0 Å². The highest BCUT2D eigenvalue weighted by atomic mass is 19.1. The Balaban J connectivity index is 1.58. The second-order valence-corrected chi connectivity index (χ2v) is 6.78. The van der Waals surface area contributed by atoms with Crippen molar-refractivity contribution in [3.63, 3.8) is 0 Å². The number of methoxy groups -OCH3 is 1. The fourth-order valence-electron chi connectivity index (χ4n) is 3.21. The SMILES string of the molecule is COc1cc2c(cc1OCc1ccccc1)NC=CC2Oc1ccc([N+](=O)[O-])cc1F. The maximum absolute atomic E-state index is 14.3. The number of hydrogen-bond acceptors (Lipinski definition) is 6. The predicted molar refractivity (Wildman–Crippen MR) is 113 cm³/mol. The quantitative estimate of drug-likeness (QED) is 0.407. The van der Waals surface area contributed by atoms with E-state index in [1.165, 1.54) is 19.2 Å². The Kier molecular flexibility index (Phi) is 5.70. The van der Waals surface area contributed by atoms with E-state index in [1.807, 2.05) is 30.3 Å². The van der Waals surface area contributed by atoms with Gasteiger partial charge < -0.3 is 19.5 Å². The largest absolute Gasteiger partial charge is 0.493 e. The third-order valence-corrected chi connectivity index (χ3v) is 4.77. The Labute approximate surface area is 177 Å². The molecule has 0 amide bonds. The monoisotopic (exact) mass is 422 g/mol. The molecule has 0 saturated heterocycles. The Morgan fingerprint density at radius 2 is 1.87 bits per heavy atom. The van der Waals surface area contributed by atoms with Crippen LogP contribution in [0.15, 0.2) is 72.9 Å². The summed E-state index contributed by atoms with van der Waals surface area (Å²) >= 11 is 0. The van der Waals surface area contributed by atoms with Crippen molar-refractivity contribution in [2.45, 2.75) is 12.7 Å². The molecule has 7 nitrogen and oxygen atoms in total. The van der Waals surface area contributed by atoms with Crippen molar-refractivity contribution < 1.29 is 23.5 Å². The third-order valence-electron chi connectivity index (χ3n) is 4.77. The molecule has 0 aromatic heterocycles. The summed E-state index contributed by atoms with van der Waals surface area (Å²) in [4.78, 5) is 10.2. The van der Waals surface area contributed by atoms with E-state index < -0.39 is 16.8 Å². The molecule has 31 heavy (non-hydrogen) atoms. The van der Waals surface area contributed by atoms with Crippen molar-refractivity contribution in [1.82, 2.24) is 0 Å². The molecule has 0 fully saturated rings. The zero-order valence-corrected chi connectivity index (χ0v) is 16.6. The molecule has 1 aliphatic heterocycles. The molecule has 0 spiro atoms. The minimum absolute atomic E-state index is 0.0866. The van der Waals surface area contributed by atoms with E-state index in [1.54, 1.807) is 24.4 Å². The van der Waals surface area contributed by atoms with Gasteiger partial charge in [0, 0.05) is 29.6 Å². The average molecular weight is 422 g/mol. The zero-order valence-electron chi connectivity index (χ0n) is 16.6. The second-order valence-electron chi connectivity index (χ2n) is 6.78. The van der Waals surface area contributed by atoms with E-state index in [4.69, 9.17) is 14.2 Å². The van der Waals surface area contributed by atoms with Gasteiger partial charge in [0.05, 0.1) is 18.1 Å². The zero-order chi connectivity index (χ0) is 21.8. The minimum Gasteiger partial charge on any atom is -0.493 e. The van der Waals surface area contributed by atoms with E-state index >= 15 is 0 Å². The fraction of sp³-hybridized carbons (Fsp3) is 0.130. The molecule has 1 heterocycles. The van der Waals surface area contributed by atoms with Crippen LogP contribution in [0.5, 0.6) is 17.2 Å². The lowest BCUT2D eigenvalue weighted by molar-refractivity contribution is -0.385. The lowest BCUT2D eigenvalue weighted by Crippen LogP contribution is -2.13. The molecule has 158 valence electrons. The first-order chi connectivity index (χ1) is 15.0. The van der Waals surface area contributed by atoms with E-state index in [-0.39, 0.29) is 11.4 Å². The van der Waals surface area contributed by atoms with Crippen LogP contribution in [-0.2, 0) is 6.61 Å². The Morgan fingerprint density at radius 1 is 1.06 bits per heavy atom. The van der Waals surface area contributed by atoms with Crippen molar-refractivity contribution in [3.8, 4) is 17.2 Å². The highest BCUT2D eigenvalue weighted by molar-refractivity contribution is 5.65. The van der Waals surface area contributed by atoms with Gasteiger partial charge in [-0.15, -0.1) is 0 Å². The molecule has 0 radical (unpaired) electrons. The van der Waals surface area contributed by atoms with Gasteiger partial charge in [-0.05, 0) is 23.8 Å². The molecule has 1 unspecified atom stereocenters. The summed E-state index contributed by atoms with van der Waals surface area (Å²) in [6, 6.07) is 16.6. The van der Waals surface area contributed by atoms with E-state index in [0.29, 0.717) is 23.7 Å². The molecule has 0 bridgehead atoms. The standard InChI is InChI=1S/C23H19FN2O5/c1-29-22-12-17-19(13-23(22)30-14-15-5-3-2-4-6-15)25-10-9-20(17)31-21-8-7-16(26(27)28)11-18(21)24/h2-13,20,25H,14H2,1H3. The first kappa shape index (κ1) is 20.2. The van der Waals surface area contributed by atoms with Crippen LogP contribution >= 0.6 is 0 Å². The molecule has 3 aromatic carbocycles. The van der Waals surface area contributed by atoms with E-state index in [2.05, 4.69) is 5.32 Å². The molecule has 1 atom stereocenters. The van der Waals surface area contributed by atoms with Gasteiger partial charge in [0.2, 0.25) is 0 Å². The van der Waals surface area contributed by atoms with Gasteiger partial charge in [0.1, 0.15) is 12.7 Å². The van der Waals surface area contributed by atoms with Gasteiger partial charge >= 0.3 is 0 Å². The fourth-order valence-corrected chi connectivity index (χ4v) is 3.21. The van der Waals surface area contributed by atoms with Gasteiger partial charge in [0.15, 0.2) is 23.1 Å². The highest BCUT2D eigenvalue weighted by Gasteiger charge is 2.23. The second kappa shape index (κ2) is 8.74. The smallest absolute Gasteiger partial charge is 0.272 e. The number of ether oxygens (including phenoxy) is 3. The van der Waals surface area contributed by atoms with Crippen molar-refractivity contribution in [2.24, 2.45) is 0 Å². The summed E-state index contributed by atoms with van der Waals surface area (Å²) in [5, 5.41) is 13.9. The summed E-state index contributed by atoms with van der Waals surface area (Å²) < 4.78 is 31.5. The normalized spacial score (nSPS) is 14.3. The number of nitrogens with zero attached hydrogens (tertiary/aromatic N) is 1. The van der Waals surface area contributed by atoms with Gasteiger partial charge in [0.25, 0.3) is 5.69 Å². The highest BCUT2D eigenvalue weighted by Crippen LogP contribution is 2.40. The number of anilines is 1. The Morgan fingerprint density at radius 3 is 2.58 bits per heavy atom. The topological polar surface area (TPSA) is 82.9 Å². The molecule has 0 aliphatic carbocycles. The van der Waals surface area contributed by atoms with Crippen LogP contribution in [0.25, 0.3) is 0 Å². The number of fused-ring (bicyclic) bond motifs is 1. The molecule has 0 saturated carbocycles. The molecule has 4 rings (SSSR count). The van der Waals surface area contributed by atoms with Gasteiger partial charge in [-0.25, -0.2) is 4.39 Å². The number of non-ortho nitro benzene ring substituents is 1. The first-order valence-corrected chi connectivity index (χ1v) is 9.47. The third kappa shape index (κ3) is 4.42. The van der Waals surface area contributed by atoms with Crippen LogP contribution in [0.1, 0.15) is 17.2 Å². The number of nitrogens with one attached hydrogen (secondary N) is 1. The molecule has 8 heteroatoms. The van der Waals surface area contributed by atoms with Crippen molar-refractivity contribution in [3.05, 3.63) is 100.0 Å². The molecular formula is C23H19FN2O5. The lowest BCUT2D eigenvalue weighted by atomic mass is 10.0. The summed E-state index contributed by atoms with van der Waals surface area (Å²) in [6.45, 7) is 0.375. The van der Waals surface area contributed by atoms with E-state index in [0.717, 1.165) is 17.3 Å². The lowest BCUT2D eigenvalue weighted by Gasteiger charge is -2.25. The number of rotatable bonds is 7. The number of halogens is 1. The molecule has 1 aliphatic rings. The van der Waals surface area contributed by atoms with Crippen LogP contribution in [0.4, 0.5) is 15.8 Å². The van der Waals surface area contributed by atoms with Crippen molar-refractivity contribution in [1.29, 1.82) is 0 Å². The molecule has 3 aromatic rings. The predicted octanol–water partition coefficient (Wildman–Crippen LogP) is 5.38. The van der Waals surface area contributed by atoms with Gasteiger partial charge in [-0.1, -0.05) is 30.3 Å². The summed E-state index contributed by atoms with van der Waals surface area (Å²) in [5.74, 6) is 0.159. The summed E-state index contributed by atoms with van der Waals surface area (Å²) in [6.07, 6.45) is 2.78. The average Bonchev–Trinajstić information content (AvgIpc) is 2.79. The number of nitro groups is 1. The van der Waals surface area contributed by atoms with Crippen LogP contribution in [0, 0.1) is 15.9 Å². The Hall–Kier alpha value is -4.07. The summed E-state index contributed by atoms with van der Waals surface area (Å²) in [7, 11) is 1.54. The maximum atomic E-state index is 14.3. The van der Waals surface area contributed by atoms with Crippen LogP contribution in [0.3, 0.4) is 0 Å².